The Balaban J connectivity index is 1.93. The van der Waals surface area contributed by atoms with Crippen LogP contribution < -0.4 is 16.4 Å². The van der Waals surface area contributed by atoms with Gasteiger partial charge in [0.1, 0.15) is 0 Å². The minimum Gasteiger partial charge on any atom is -0.375 e. The van der Waals surface area contributed by atoms with Gasteiger partial charge in [-0.05, 0) is 25.0 Å². The molecule has 0 aliphatic rings. The van der Waals surface area contributed by atoms with Crippen molar-refractivity contribution in [3.05, 3.63) is 29.6 Å². The lowest BCUT2D eigenvalue weighted by molar-refractivity contribution is 0.246. The molecule has 0 saturated heterocycles. The van der Waals surface area contributed by atoms with Gasteiger partial charge in [0.15, 0.2) is 5.13 Å². The lowest BCUT2D eigenvalue weighted by Crippen LogP contribution is -2.37. The summed E-state index contributed by atoms with van der Waals surface area (Å²) in [5, 5.41) is 8.40. The molecule has 0 radical (unpaired) electrons. The Morgan fingerprint density at radius 1 is 1.22 bits per heavy atom. The summed E-state index contributed by atoms with van der Waals surface area (Å²) in [5.41, 5.74) is 8.26. The van der Waals surface area contributed by atoms with E-state index in [-0.39, 0.29) is 12.1 Å². The fourth-order valence-corrected chi connectivity index (χ4v) is 3.05. The first-order valence-corrected chi connectivity index (χ1v) is 8.89. The molecule has 0 bridgehead atoms. The molecule has 1 aromatic carbocycles. The minimum absolute atomic E-state index is 0.150. The van der Waals surface area contributed by atoms with Crippen LogP contribution in [-0.4, -0.2) is 17.1 Å². The number of hydrogen-bond donors (Lipinski definition) is 3. The molecule has 2 aromatic rings. The van der Waals surface area contributed by atoms with E-state index < -0.39 is 0 Å². The van der Waals surface area contributed by atoms with E-state index in [2.05, 4.69) is 29.5 Å². The van der Waals surface area contributed by atoms with Crippen molar-refractivity contribution >= 4 is 28.2 Å². The molecule has 124 valence electrons. The van der Waals surface area contributed by atoms with Crippen molar-refractivity contribution in [2.24, 2.45) is 0 Å². The highest BCUT2D eigenvalue weighted by molar-refractivity contribution is 7.13. The number of thiazole rings is 1. The van der Waals surface area contributed by atoms with Gasteiger partial charge in [0.2, 0.25) is 0 Å². The van der Waals surface area contributed by atoms with Crippen molar-refractivity contribution in [2.75, 3.05) is 11.1 Å². The number of carbonyl (C=O) groups is 1. The number of nitrogens with two attached hydrogens (primary N) is 1. The highest BCUT2D eigenvalue weighted by atomic mass is 32.1. The van der Waals surface area contributed by atoms with Gasteiger partial charge in [-0.1, -0.05) is 38.8 Å². The Morgan fingerprint density at radius 3 is 2.39 bits per heavy atom. The van der Waals surface area contributed by atoms with E-state index in [0.29, 0.717) is 5.13 Å². The summed E-state index contributed by atoms with van der Waals surface area (Å²) in [5.74, 6) is 0. The van der Waals surface area contributed by atoms with Crippen molar-refractivity contribution in [3.63, 3.8) is 0 Å². The number of hydrogen-bond acceptors (Lipinski definition) is 4. The molecule has 1 aromatic heterocycles. The maximum atomic E-state index is 12.1. The first-order chi connectivity index (χ1) is 11.1. The van der Waals surface area contributed by atoms with Crippen molar-refractivity contribution in [3.8, 4) is 11.3 Å². The highest BCUT2D eigenvalue weighted by Gasteiger charge is 2.10. The van der Waals surface area contributed by atoms with Gasteiger partial charge in [-0.3, -0.25) is 0 Å². The number of carbonyl (C=O) groups excluding carboxylic acids is 1. The fraction of sp³-hybridized carbons (Fsp3) is 0.412. The van der Waals surface area contributed by atoms with E-state index in [0.717, 1.165) is 42.6 Å². The maximum Gasteiger partial charge on any atom is 0.319 e. The van der Waals surface area contributed by atoms with Crippen LogP contribution in [0.25, 0.3) is 11.3 Å². The second kappa shape index (κ2) is 8.53. The largest absolute Gasteiger partial charge is 0.375 e. The Bertz CT molecular complexity index is 618. The molecule has 0 atom stereocenters. The van der Waals surface area contributed by atoms with Crippen molar-refractivity contribution < 1.29 is 4.79 Å². The Hall–Kier alpha value is -2.08. The molecule has 0 saturated carbocycles. The van der Waals surface area contributed by atoms with E-state index in [1.54, 1.807) is 0 Å². The Morgan fingerprint density at radius 2 is 1.87 bits per heavy atom. The highest BCUT2D eigenvalue weighted by Crippen LogP contribution is 2.24. The summed E-state index contributed by atoms with van der Waals surface area (Å²) in [4.78, 5) is 16.3. The molecular weight excluding hydrogens is 308 g/mol. The second-order valence-electron chi connectivity index (χ2n) is 5.52. The van der Waals surface area contributed by atoms with Crippen LogP contribution in [0.2, 0.25) is 0 Å². The zero-order valence-electron chi connectivity index (χ0n) is 13.6. The number of amides is 2. The first kappa shape index (κ1) is 17.3. The third kappa shape index (κ3) is 5.25. The average molecular weight is 332 g/mol. The summed E-state index contributed by atoms with van der Waals surface area (Å²) < 4.78 is 0. The van der Waals surface area contributed by atoms with E-state index in [9.17, 15) is 4.79 Å². The normalized spacial score (nSPS) is 10.7. The summed E-state index contributed by atoms with van der Waals surface area (Å²) in [7, 11) is 0. The molecule has 23 heavy (non-hydrogen) atoms. The molecule has 6 heteroatoms. The summed E-state index contributed by atoms with van der Waals surface area (Å²) >= 11 is 1.42. The molecule has 5 nitrogen and oxygen atoms in total. The second-order valence-corrected chi connectivity index (χ2v) is 6.41. The Kier molecular flexibility index (Phi) is 6.40. The quantitative estimate of drug-likeness (QED) is 0.699. The molecular formula is C17H24N4OS. The standard InChI is InChI=1S/C17H24N4OS/c1-3-5-13(6-4-2)19-17(22)20-14-9-7-12(8-10-14)15-11-23-16(18)21-15/h7-11,13H,3-6H2,1-2H3,(H2,18,21)(H2,19,20,22). The Labute approximate surface area is 141 Å². The van der Waals surface area contributed by atoms with Gasteiger partial charge >= 0.3 is 6.03 Å². The van der Waals surface area contributed by atoms with Crippen LogP contribution in [0.1, 0.15) is 39.5 Å². The third-order valence-corrected chi connectivity index (χ3v) is 4.24. The maximum absolute atomic E-state index is 12.1. The van der Waals surface area contributed by atoms with Crippen molar-refractivity contribution in [1.29, 1.82) is 0 Å². The fourth-order valence-electron chi connectivity index (χ4n) is 2.48. The van der Waals surface area contributed by atoms with Gasteiger partial charge in [0, 0.05) is 22.7 Å². The molecule has 4 N–H and O–H groups in total. The van der Waals surface area contributed by atoms with E-state index >= 15 is 0 Å². The molecule has 0 fully saturated rings. The van der Waals surface area contributed by atoms with Gasteiger partial charge in [-0.15, -0.1) is 11.3 Å². The summed E-state index contributed by atoms with van der Waals surface area (Å²) in [6, 6.07) is 7.70. The number of urea groups is 1. The SMILES string of the molecule is CCCC(CCC)NC(=O)Nc1ccc(-c2csc(N)n2)cc1. The predicted octanol–water partition coefficient (Wildman–Crippen LogP) is 4.48. The summed E-state index contributed by atoms with van der Waals surface area (Å²) in [6.45, 7) is 4.26. The van der Waals surface area contributed by atoms with Gasteiger partial charge in [-0.2, -0.15) is 0 Å². The molecule has 0 aliphatic carbocycles. The van der Waals surface area contributed by atoms with Crippen LogP contribution in [0.4, 0.5) is 15.6 Å². The predicted molar refractivity (Wildman–Crippen MR) is 97.7 cm³/mol. The molecule has 2 amide bonds. The van der Waals surface area contributed by atoms with E-state index in [4.69, 9.17) is 5.73 Å². The molecule has 1 heterocycles. The number of nitrogens with zero attached hydrogens (tertiary/aromatic N) is 1. The number of nitrogen functional groups attached to an aromatic ring is 1. The van der Waals surface area contributed by atoms with Crippen LogP contribution in [0.15, 0.2) is 29.6 Å². The lowest BCUT2D eigenvalue weighted by Gasteiger charge is -2.17. The van der Waals surface area contributed by atoms with Crippen LogP contribution in [-0.2, 0) is 0 Å². The molecule has 2 rings (SSSR count). The first-order valence-electron chi connectivity index (χ1n) is 8.01. The van der Waals surface area contributed by atoms with Crippen molar-refractivity contribution in [1.82, 2.24) is 10.3 Å². The van der Waals surface area contributed by atoms with Gasteiger partial charge in [-0.25, -0.2) is 9.78 Å². The number of rotatable bonds is 7. The molecule has 0 aliphatic heterocycles. The van der Waals surface area contributed by atoms with Crippen LogP contribution in [0, 0.1) is 0 Å². The lowest BCUT2D eigenvalue weighted by atomic mass is 10.1. The average Bonchev–Trinajstić information content (AvgIpc) is 2.95. The number of aromatic nitrogens is 1. The zero-order valence-corrected chi connectivity index (χ0v) is 14.5. The van der Waals surface area contributed by atoms with Gasteiger partial charge < -0.3 is 16.4 Å². The number of anilines is 2. The van der Waals surface area contributed by atoms with Crippen LogP contribution in [0.5, 0.6) is 0 Å². The molecule has 0 spiro atoms. The van der Waals surface area contributed by atoms with E-state index in [1.807, 2.05) is 29.6 Å². The topological polar surface area (TPSA) is 80.0 Å². The minimum atomic E-state index is -0.150. The van der Waals surface area contributed by atoms with Crippen LogP contribution >= 0.6 is 11.3 Å². The smallest absolute Gasteiger partial charge is 0.319 e. The van der Waals surface area contributed by atoms with E-state index in [1.165, 1.54) is 11.3 Å². The zero-order chi connectivity index (χ0) is 16.7. The molecule has 0 unspecified atom stereocenters. The van der Waals surface area contributed by atoms with Gasteiger partial charge in [0.25, 0.3) is 0 Å². The number of benzene rings is 1. The van der Waals surface area contributed by atoms with Crippen LogP contribution in [0.3, 0.4) is 0 Å². The monoisotopic (exact) mass is 332 g/mol. The summed E-state index contributed by atoms with van der Waals surface area (Å²) in [6.07, 6.45) is 4.14. The number of nitrogens with one attached hydrogen (secondary N) is 2. The van der Waals surface area contributed by atoms with Crippen molar-refractivity contribution in [2.45, 2.75) is 45.6 Å². The van der Waals surface area contributed by atoms with Gasteiger partial charge in [0.05, 0.1) is 5.69 Å². The third-order valence-electron chi connectivity index (χ3n) is 3.57.